The second-order valence-electron chi connectivity index (χ2n) is 7.36. The molecule has 3 heterocycles. The van der Waals surface area contributed by atoms with Gasteiger partial charge in [0.15, 0.2) is 23.1 Å². The molecule has 4 atom stereocenters. The van der Waals surface area contributed by atoms with E-state index in [1.807, 2.05) is 44.2 Å². The van der Waals surface area contributed by atoms with Gasteiger partial charge in [0, 0.05) is 5.92 Å². The molecule has 0 radical (unpaired) electrons. The Morgan fingerprint density at radius 2 is 2.04 bits per heavy atom. The number of hydrogen-bond donors (Lipinski definition) is 1. The molecule has 148 valence electrons. The Hall–Kier alpha value is -2.74. The molecule has 0 saturated carbocycles. The average Bonchev–Trinajstić information content (AvgIpc) is 3.19. The summed E-state index contributed by atoms with van der Waals surface area (Å²) in [6.07, 6.45) is 1.23. The number of fused-ring (bicyclic) bond motifs is 1. The predicted molar refractivity (Wildman–Crippen MR) is 103 cm³/mol. The molecule has 0 spiro atoms. The minimum atomic E-state index is -1.57. The zero-order valence-corrected chi connectivity index (χ0v) is 16.2. The number of hydrogen-bond acceptors (Lipinski definition) is 6. The fraction of sp³-hybridized carbons (Fsp3) is 0.450. The number of benzene rings is 1. The molecule has 0 aliphatic carbocycles. The number of halogens is 1. The van der Waals surface area contributed by atoms with Gasteiger partial charge in [-0.2, -0.15) is 9.97 Å². The third-order valence-corrected chi connectivity index (χ3v) is 5.51. The molecule has 3 aromatic rings. The second kappa shape index (κ2) is 7.01. The summed E-state index contributed by atoms with van der Waals surface area (Å²) < 4.78 is 28.9. The first-order chi connectivity index (χ1) is 13.4. The summed E-state index contributed by atoms with van der Waals surface area (Å²) in [6, 6.07) is 9.71. The van der Waals surface area contributed by atoms with Crippen molar-refractivity contribution in [2.24, 2.45) is 5.92 Å². The lowest BCUT2D eigenvalue weighted by atomic mass is 9.88. The topological polar surface area (TPSA) is 88.1 Å². The Bertz CT molecular complexity index is 975. The van der Waals surface area contributed by atoms with E-state index in [0.717, 1.165) is 12.0 Å². The van der Waals surface area contributed by atoms with Crippen LogP contribution in [-0.4, -0.2) is 31.3 Å². The lowest BCUT2D eigenvalue weighted by Crippen LogP contribution is -2.33. The van der Waals surface area contributed by atoms with Gasteiger partial charge in [-0.05, 0) is 18.9 Å². The molecule has 1 fully saturated rings. The maximum atomic E-state index is 15.5. The van der Waals surface area contributed by atoms with Crippen molar-refractivity contribution in [3.63, 3.8) is 0 Å². The minimum Gasteiger partial charge on any atom is -0.471 e. The molecule has 1 aromatic carbocycles. The van der Waals surface area contributed by atoms with E-state index >= 15 is 4.39 Å². The zero-order valence-electron chi connectivity index (χ0n) is 16.2. The van der Waals surface area contributed by atoms with Gasteiger partial charge in [-0.3, -0.25) is 4.57 Å². The van der Waals surface area contributed by atoms with E-state index in [2.05, 4.69) is 15.0 Å². The second-order valence-corrected chi connectivity index (χ2v) is 7.36. The van der Waals surface area contributed by atoms with Crippen LogP contribution in [-0.2, 0) is 11.3 Å². The van der Waals surface area contributed by atoms with Crippen molar-refractivity contribution in [3.8, 4) is 5.88 Å². The van der Waals surface area contributed by atoms with Crippen LogP contribution in [0.15, 0.2) is 36.7 Å². The number of rotatable bonds is 5. The van der Waals surface area contributed by atoms with Crippen molar-refractivity contribution < 1.29 is 13.9 Å². The molecule has 1 aliphatic heterocycles. The molecule has 2 aromatic heterocycles. The van der Waals surface area contributed by atoms with Crippen LogP contribution >= 0.6 is 0 Å². The number of nitrogens with zero attached hydrogens (tertiary/aromatic N) is 4. The maximum Gasteiger partial charge on any atom is 0.247 e. The summed E-state index contributed by atoms with van der Waals surface area (Å²) in [5.41, 5.74) is 6.13. The van der Waals surface area contributed by atoms with Crippen molar-refractivity contribution in [3.05, 3.63) is 42.2 Å². The van der Waals surface area contributed by atoms with Crippen molar-refractivity contribution in [1.82, 2.24) is 19.5 Å². The number of nitrogen functional groups attached to an aromatic ring is 1. The molecule has 0 bridgehead atoms. The fourth-order valence-electron chi connectivity index (χ4n) is 3.70. The predicted octanol–water partition coefficient (Wildman–Crippen LogP) is 3.66. The van der Waals surface area contributed by atoms with Crippen molar-refractivity contribution in [2.45, 2.75) is 51.8 Å². The molecule has 2 N–H and O–H groups in total. The summed E-state index contributed by atoms with van der Waals surface area (Å²) in [5.74, 6) is 0.0487. The summed E-state index contributed by atoms with van der Waals surface area (Å²) >= 11 is 0. The standard InChI is InChI=1S/C20H24FN5O2/c1-4-14-12(2)20(3,21)18(28-14)26-11-23-15-16(26)24-19(22)25-17(15)27-10-13-8-6-5-7-9-13/h5-9,11-12,14,18H,4,10H2,1-3H3,(H2,22,24,25)/t12-,14-,18-,20-/m1/s1. The van der Waals surface area contributed by atoms with Crippen LogP contribution < -0.4 is 10.5 Å². The van der Waals surface area contributed by atoms with Gasteiger partial charge in [0.1, 0.15) is 6.61 Å². The quantitative estimate of drug-likeness (QED) is 0.721. The van der Waals surface area contributed by atoms with Crippen molar-refractivity contribution in [1.29, 1.82) is 0 Å². The summed E-state index contributed by atoms with van der Waals surface area (Å²) in [6.45, 7) is 5.72. The molecular weight excluding hydrogens is 361 g/mol. The van der Waals surface area contributed by atoms with Crippen LogP contribution in [0.2, 0.25) is 0 Å². The highest BCUT2D eigenvalue weighted by Gasteiger charge is 2.52. The highest BCUT2D eigenvalue weighted by molar-refractivity contribution is 5.77. The average molecular weight is 385 g/mol. The van der Waals surface area contributed by atoms with Crippen LogP contribution in [0, 0.1) is 5.92 Å². The van der Waals surface area contributed by atoms with E-state index in [-0.39, 0.29) is 23.9 Å². The number of alkyl halides is 1. The number of imidazole rings is 1. The molecule has 8 heteroatoms. The Morgan fingerprint density at radius 3 is 2.71 bits per heavy atom. The Labute approximate surface area is 162 Å². The maximum absolute atomic E-state index is 15.5. The van der Waals surface area contributed by atoms with Crippen LogP contribution in [0.4, 0.5) is 10.3 Å². The summed E-state index contributed by atoms with van der Waals surface area (Å²) in [4.78, 5) is 12.8. The van der Waals surface area contributed by atoms with Gasteiger partial charge in [-0.15, -0.1) is 0 Å². The molecule has 0 unspecified atom stereocenters. The third kappa shape index (κ3) is 3.07. The first-order valence-corrected chi connectivity index (χ1v) is 9.43. The Kier molecular flexibility index (Phi) is 4.66. The van der Waals surface area contributed by atoms with Gasteiger partial charge in [-0.1, -0.05) is 44.2 Å². The minimum absolute atomic E-state index is 0.0379. The van der Waals surface area contributed by atoms with Crippen LogP contribution in [0.3, 0.4) is 0 Å². The number of aromatic nitrogens is 4. The number of nitrogens with two attached hydrogens (primary N) is 1. The number of anilines is 1. The zero-order chi connectivity index (χ0) is 19.9. The van der Waals surface area contributed by atoms with Crippen molar-refractivity contribution in [2.75, 3.05) is 5.73 Å². The van der Waals surface area contributed by atoms with E-state index in [0.29, 0.717) is 17.8 Å². The van der Waals surface area contributed by atoms with Crippen LogP contribution in [0.25, 0.3) is 11.2 Å². The van der Waals surface area contributed by atoms with Crippen LogP contribution in [0.5, 0.6) is 5.88 Å². The van der Waals surface area contributed by atoms with E-state index < -0.39 is 11.9 Å². The van der Waals surface area contributed by atoms with E-state index in [1.165, 1.54) is 6.33 Å². The largest absolute Gasteiger partial charge is 0.471 e. The molecular formula is C20H24FN5O2. The Balaban J connectivity index is 1.69. The first-order valence-electron chi connectivity index (χ1n) is 9.43. The fourth-order valence-corrected chi connectivity index (χ4v) is 3.70. The monoisotopic (exact) mass is 385 g/mol. The molecule has 4 rings (SSSR count). The van der Waals surface area contributed by atoms with E-state index in [4.69, 9.17) is 15.2 Å². The van der Waals surface area contributed by atoms with Crippen molar-refractivity contribution >= 4 is 17.1 Å². The normalized spacial score (nSPS) is 27.4. The molecule has 0 amide bonds. The SMILES string of the molecule is CC[C@H]1O[C@@H](n2cnc3c(OCc4ccccc4)nc(N)nc32)[C@](C)(F)[C@@H]1C. The molecule has 1 aliphatic rings. The van der Waals surface area contributed by atoms with Gasteiger partial charge in [-0.25, -0.2) is 9.37 Å². The van der Waals surface area contributed by atoms with Gasteiger partial charge < -0.3 is 15.2 Å². The molecule has 7 nitrogen and oxygen atoms in total. The summed E-state index contributed by atoms with van der Waals surface area (Å²) in [5, 5.41) is 0. The lowest BCUT2D eigenvalue weighted by molar-refractivity contribution is -0.0450. The first kappa shape index (κ1) is 18.6. The van der Waals surface area contributed by atoms with Crippen LogP contribution in [0.1, 0.15) is 39.0 Å². The highest BCUT2D eigenvalue weighted by atomic mass is 19.1. The third-order valence-electron chi connectivity index (χ3n) is 5.51. The lowest BCUT2D eigenvalue weighted by Gasteiger charge is -2.25. The highest BCUT2D eigenvalue weighted by Crippen LogP contribution is 2.47. The van der Waals surface area contributed by atoms with Gasteiger partial charge >= 0.3 is 0 Å². The molecule has 1 saturated heterocycles. The Morgan fingerprint density at radius 1 is 1.29 bits per heavy atom. The number of ether oxygens (including phenoxy) is 2. The summed E-state index contributed by atoms with van der Waals surface area (Å²) in [7, 11) is 0. The smallest absolute Gasteiger partial charge is 0.247 e. The molecule has 28 heavy (non-hydrogen) atoms. The van der Waals surface area contributed by atoms with Gasteiger partial charge in [0.2, 0.25) is 11.8 Å². The van der Waals surface area contributed by atoms with E-state index in [1.54, 1.807) is 11.5 Å². The van der Waals surface area contributed by atoms with Gasteiger partial charge in [0.05, 0.1) is 12.4 Å². The van der Waals surface area contributed by atoms with Gasteiger partial charge in [0.25, 0.3) is 0 Å². The van der Waals surface area contributed by atoms with E-state index in [9.17, 15) is 0 Å².